The standard InChI is InChI=1S/C18H33FO4/c1-4-7-10-20-14-16-18(22-12-9-6-3)15(13-17(19)23-16)21-11-8-5-2/h13,16-18H,4-12,14H2,1-3H3/t16?,17-,18-/m0/s1. The molecule has 1 unspecified atom stereocenters. The summed E-state index contributed by atoms with van der Waals surface area (Å²) in [7, 11) is 0. The van der Waals surface area contributed by atoms with Gasteiger partial charge in [-0.05, 0) is 19.3 Å². The van der Waals surface area contributed by atoms with Crippen molar-refractivity contribution in [1.82, 2.24) is 0 Å². The Labute approximate surface area is 140 Å². The van der Waals surface area contributed by atoms with Gasteiger partial charge in [0, 0.05) is 19.3 Å². The van der Waals surface area contributed by atoms with Crippen molar-refractivity contribution in [3.05, 3.63) is 11.8 Å². The molecule has 0 bridgehead atoms. The molecule has 1 aliphatic rings. The quantitative estimate of drug-likeness (QED) is 0.469. The van der Waals surface area contributed by atoms with Crippen LogP contribution < -0.4 is 0 Å². The van der Waals surface area contributed by atoms with E-state index in [2.05, 4.69) is 20.8 Å². The molecule has 1 rings (SSSR count). The van der Waals surface area contributed by atoms with Crippen LogP contribution in [0.3, 0.4) is 0 Å². The third-order valence-corrected chi connectivity index (χ3v) is 3.70. The molecular formula is C18H33FO4. The summed E-state index contributed by atoms with van der Waals surface area (Å²) in [6.07, 6.45) is 5.12. The van der Waals surface area contributed by atoms with Gasteiger partial charge in [0.05, 0.1) is 13.2 Å². The predicted molar refractivity (Wildman–Crippen MR) is 89.1 cm³/mol. The minimum absolute atomic E-state index is 0.325. The van der Waals surface area contributed by atoms with E-state index in [-0.39, 0.29) is 6.10 Å². The first kappa shape index (κ1) is 20.4. The lowest BCUT2D eigenvalue weighted by molar-refractivity contribution is -0.162. The van der Waals surface area contributed by atoms with E-state index in [1.807, 2.05) is 0 Å². The molecule has 0 N–H and O–H groups in total. The molecule has 5 heteroatoms. The van der Waals surface area contributed by atoms with E-state index in [4.69, 9.17) is 18.9 Å². The Morgan fingerprint density at radius 2 is 1.65 bits per heavy atom. The van der Waals surface area contributed by atoms with E-state index < -0.39 is 12.5 Å². The Balaban J connectivity index is 2.62. The lowest BCUT2D eigenvalue weighted by Gasteiger charge is -2.33. The fraction of sp³-hybridized carbons (Fsp3) is 0.889. The summed E-state index contributed by atoms with van der Waals surface area (Å²) in [5, 5.41) is 0. The van der Waals surface area contributed by atoms with E-state index in [0.717, 1.165) is 38.5 Å². The number of hydrogen-bond donors (Lipinski definition) is 0. The summed E-state index contributed by atoms with van der Waals surface area (Å²) in [5.41, 5.74) is 0. The first-order valence-corrected chi connectivity index (χ1v) is 9.06. The molecule has 0 spiro atoms. The van der Waals surface area contributed by atoms with Gasteiger partial charge in [-0.15, -0.1) is 0 Å². The Kier molecular flexibility index (Phi) is 11.3. The highest BCUT2D eigenvalue weighted by Crippen LogP contribution is 2.25. The number of ether oxygens (including phenoxy) is 4. The molecule has 0 fully saturated rings. The molecule has 23 heavy (non-hydrogen) atoms. The molecule has 0 aromatic heterocycles. The van der Waals surface area contributed by atoms with Gasteiger partial charge in [-0.1, -0.05) is 40.0 Å². The van der Waals surface area contributed by atoms with Crippen LogP contribution in [0, 0.1) is 0 Å². The summed E-state index contributed by atoms with van der Waals surface area (Å²) >= 11 is 0. The van der Waals surface area contributed by atoms with Crippen LogP contribution in [0.5, 0.6) is 0 Å². The zero-order chi connectivity index (χ0) is 16.9. The zero-order valence-corrected chi connectivity index (χ0v) is 14.9. The molecule has 1 heterocycles. The molecule has 0 aromatic carbocycles. The largest absolute Gasteiger partial charge is 0.495 e. The smallest absolute Gasteiger partial charge is 0.222 e. The fourth-order valence-electron chi connectivity index (χ4n) is 2.27. The Morgan fingerprint density at radius 1 is 1.00 bits per heavy atom. The van der Waals surface area contributed by atoms with E-state index in [1.54, 1.807) is 0 Å². The van der Waals surface area contributed by atoms with Gasteiger partial charge in [0.1, 0.15) is 18.0 Å². The average Bonchev–Trinajstić information content (AvgIpc) is 2.54. The van der Waals surface area contributed by atoms with Crippen molar-refractivity contribution in [2.75, 3.05) is 26.4 Å². The van der Waals surface area contributed by atoms with Crippen LogP contribution in [0.25, 0.3) is 0 Å². The molecule has 0 aromatic rings. The van der Waals surface area contributed by atoms with Gasteiger partial charge < -0.3 is 18.9 Å². The summed E-state index contributed by atoms with van der Waals surface area (Å²) in [6.45, 7) is 8.48. The predicted octanol–water partition coefficient (Wildman–Crippen LogP) is 4.38. The topological polar surface area (TPSA) is 36.9 Å². The normalized spacial score (nSPS) is 24.5. The average molecular weight is 332 g/mol. The van der Waals surface area contributed by atoms with Gasteiger partial charge in [0.25, 0.3) is 0 Å². The Morgan fingerprint density at radius 3 is 2.35 bits per heavy atom. The van der Waals surface area contributed by atoms with Gasteiger partial charge in [-0.25, -0.2) is 4.39 Å². The summed E-state index contributed by atoms with van der Waals surface area (Å²) in [4.78, 5) is 0. The molecule has 136 valence electrons. The van der Waals surface area contributed by atoms with Crippen LogP contribution in [0.1, 0.15) is 59.3 Å². The number of alkyl halides is 1. The van der Waals surface area contributed by atoms with Crippen molar-refractivity contribution in [3.63, 3.8) is 0 Å². The molecular weight excluding hydrogens is 299 g/mol. The first-order chi connectivity index (χ1) is 11.2. The second-order valence-corrected chi connectivity index (χ2v) is 5.87. The van der Waals surface area contributed by atoms with Crippen LogP contribution >= 0.6 is 0 Å². The minimum atomic E-state index is -1.46. The maximum Gasteiger partial charge on any atom is 0.222 e. The first-order valence-electron chi connectivity index (χ1n) is 9.06. The summed E-state index contributed by atoms with van der Waals surface area (Å²) in [6, 6.07) is 0. The molecule has 0 amide bonds. The summed E-state index contributed by atoms with van der Waals surface area (Å²) < 4.78 is 36.5. The SMILES string of the molecule is CCCCOCC1O[C@H](F)C=C(OCCCC)[C@@H]1OCCCC. The molecule has 3 atom stereocenters. The van der Waals surface area contributed by atoms with E-state index in [9.17, 15) is 4.39 Å². The van der Waals surface area contributed by atoms with Gasteiger partial charge in [0.2, 0.25) is 6.36 Å². The van der Waals surface area contributed by atoms with Gasteiger partial charge >= 0.3 is 0 Å². The Hall–Kier alpha value is -0.650. The maximum absolute atomic E-state index is 13.8. The monoisotopic (exact) mass is 332 g/mol. The second kappa shape index (κ2) is 12.7. The second-order valence-electron chi connectivity index (χ2n) is 5.87. The van der Waals surface area contributed by atoms with Gasteiger partial charge in [-0.2, -0.15) is 0 Å². The summed E-state index contributed by atoms with van der Waals surface area (Å²) in [5.74, 6) is 0.553. The Bertz CT molecular complexity index is 322. The number of rotatable bonds is 13. The number of hydrogen-bond acceptors (Lipinski definition) is 4. The zero-order valence-electron chi connectivity index (χ0n) is 14.9. The molecule has 1 aliphatic heterocycles. The van der Waals surface area contributed by atoms with Crippen molar-refractivity contribution in [2.24, 2.45) is 0 Å². The van der Waals surface area contributed by atoms with Crippen LogP contribution in [-0.2, 0) is 18.9 Å². The maximum atomic E-state index is 13.8. The van der Waals surface area contributed by atoms with Crippen molar-refractivity contribution in [2.45, 2.75) is 77.9 Å². The molecule has 0 saturated carbocycles. The number of halogens is 1. The van der Waals surface area contributed by atoms with Crippen molar-refractivity contribution in [1.29, 1.82) is 0 Å². The highest BCUT2D eigenvalue weighted by atomic mass is 19.1. The molecule has 0 aliphatic carbocycles. The van der Waals surface area contributed by atoms with Crippen LogP contribution in [0.2, 0.25) is 0 Å². The lowest BCUT2D eigenvalue weighted by Crippen LogP contribution is -2.43. The van der Waals surface area contributed by atoms with E-state index in [1.165, 1.54) is 6.08 Å². The third-order valence-electron chi connectivity index (χ3n) is 3.70. The van der Waals surface area contributed by atoms with Crippen LogP contribution in [0.4, 0.5) is 4.39 Å². The van der Waals surface area contributed by atoms with E-state index >= 15 is 0 Å². The van der Waals surface area contributed by atoms with Crippen molar-refractivity contribution in [3.8, 4) is 0 Å². The molecule has 4 nitrogen and oxygen atoms in total. The van der Waals surface area contributed by atoms with E-state index in [0.29, 0.717) is 32.2 Å². The van der Waals surface area contributed by atoms with Gasteiger partial charge in [-0.3, -0.25) is 0 Å². The lowest BCUT2D eigenvalue weighted by atomic mass is 10.1. The minimum Gasteiger partial charge on any atom is -0.495 e. The van der Waals surface area contributed by atoms with Crippen molar-refractivity contribution >= 4 is 0 Å². The highest BCUT2D eigenvalue weighted by molar-refractivity contribution is 5.09. The van der Waals surface area contributed by atoms with Crippen molar-refractivity contribution < 1.29 is 23.3 Å². The molecule has 0 saturated heterocycles. The number of unbranched alkanes of at least 4 members (excludes halogenated alkanes) is 3. The van der Waals surface area contributed by atoms with Crippen LogP contribution in [-0.4, -0.2) is 45.0 Å². The van der Waals surface area contributed by atoms with Crippen LogP contribution in [0.15, 0.2) is 11.8 Å². The highest BCUT2D eigenvalue weighted by Gasteiger charge is 2.35. The molecule has 0 radical (unpaired) electrons. The third kappa shape index (κ3) is 8.13. The fourth-order valence-corrected chi connectivity index (χ4v) is 2.27. The van der Waals surface area contributed by atoms with Gasteiger partial charge in [0.15, 0.2) is 0 Å².